The molecule has 1 aliphatic heterocycles. The van der Waals surface area contributed by atoms with Crippen molar-refractivity contribution in [3.05, 3.63) is 42.5 Å². The zero-order valence-electron chi connectivity index (χ0n) is 14.3. The fourth-order valence-electron chi connectivity index (χ4n) is 3.60. The Balaban J connectivity index is 1.56. The topological polar surface area (TPSA) is 80.9 Å². The number of nitrogens with one attached hydrogen (secondary N) is 1. The number of fused-ring (bicyclic) bond motifs is 1. The number of para-hydroxylation sites is 2. The highest BCUT2D eigenvalue weighted by Gasteiger charge is 2.35. The van der Waals surface area contributed by atoms with Crippen LogP contribution in [0.25, 0.3) is 11.0 Å². The van der Waals surface area contributed by atoms with E-state index in [0.29, 0.717) is 0 Å². The molecule has 3 heterocycles. The van der Waals surface area contributed by atoms with Gasteiger partial charge in [0, 0.05) is 33.3 Å². The normalized spacial score (nSPS) is 21.0. The molecule has 130 valence electrons. The van der Waals surface area contributed by atoms with Crippen molar-refractivity contribution in [1.82, 2.24) is 34.8 Å². The van der Waals surface area contributed by atoms with E-state index < -0.39 is 0 Å². The maximum atomic E-state index is 11.6. The van der Waals surface area contributed by atoms with Crippen LogP contribution in [0.2, 0.25) is 0 Å². The summed E-state index contributed by atoms with van der Waals surface area (Å²) in [4.78, 5) is 18.6. The summed E-state index contributed by atoms with van der Waals surface area (Å²) in [5.41, 5.74) is 2.13. The Hall–Kier alpha value is -2.74. The van der Waals surface area contributed by atoms with E-state index in [1.165, 1.54) is 0 Å². The van der Waals surface area contributed by atoms with Gasteiger partial charge in [-0.2, -0.15) is 0 Å². The van der Waals surface area contributed by atoms with Gasteiger partial charge in [0.05, 0.1) is 35.9 Å². The summed E-state index contributed by atoms with van der Waals surface area (Å²) in [6, 6.07) is 8.21. The van der Waals surface area contributed by atoms with Gasteiger partial charge in [-0.3, -0.25) is 9.69 Å². The number of benzene rings is 1. The summed E-state index contributed by atoms with van der Waals surface area (Å²) in [5, 5.41) is 11.1. The molecule has 1 N–H and O–H groups in total. The number of aromatic nitrogens is 5. The maximum absolute atomic E-state index is 11.6. The van der Waals surface area contributed by atoms with Gasteiger partial charge in [0.15, 0.2) is 0 Å². The molecule has 0 unspecified atom stereocenters. The molecule has 0 radical (unpaired) electrons. The third-order valence-corrected chi connectivity index (χ3v) is 4.78. The summed E-state index contributed by atoms with van der Waals surface area (Å²) < 4.78 is 3.96. The summed E-state index contributed by atoms with van der Waals surface area (Å²) in [6.45, 7) is 3.82. The van der Waals surface area contributed by atoms with Crippen molar-refractivity contribution in [2.45, 2.75) is 25.6 Å². The third-order valence-electron chi connectivity index (χ3n) is 4.78. The van der Waals surface area contributed by atoms with Crippen LogP contribution < -0.4 is 5.32 Å². The first kappa shape index (κ1) is 15.8. The summed E-state index contributed by atoms with van der Waals surface area (Å²) in [5.74, 6) is 0.988. The number of likely N-dealkylation sites (tertiary alicyclic amines) is 1. The minimum atomic E-state index is -0.0281. The van der Waals surface area contributed by atoms with Gasteiger partial charge in [-0.25, -0.2) is 9.67 Å². The summed E-state index contributed by atoms with van der Waals surface area (Å²) in [7, 11) is 2.04. The Bertz CT molecular complexity index is 886. The van der Waals surface area contributed by atoms with Crippen molar-refractivity contribution in [2.24, 2.45) is 7.05 Å². The van der Waals surface area contributed by atoms with Crippen LogP contribution in [-0.4, -0.2) is 54.5 Å². The molecule has 4 rings (SSSR count). The molecule has 0 aliphatic carbocycles. The summed E-state index contributed by atoms with van der Waals surface area (Å²) >= 11 is 0. The van der Waals surface area contributed by atoms with Crippen molar-refractivity contribution in [3.8, 4) is 0 Å². The maximum Gasteiger partial charge on any atom is 0.217 e. The van der Waals surface area contributed by atoms with Crippen LogP contribution in [0.5, 0.6) is 0 Å². The second kappa shape index (κ2) is 6.29. The van der Waals surface area contributed by atoms with Gasteiger partial charge < -0.3 is 9.88 Å². The molecule has 1 amide bonds. The highest BCUT2D eigenvalue weighted by molar-refractivity contribution is 5.75. The third kappa shape index (κ3) is 3.00. The number of nitrogens with zero attached hydrogens (tertiary/aromatic N) is 6. The molecule has 8 nitrogen and oxygen atoms in total. The Morgan fingerprint density at radius 2 is 2.16 bits per heavy atom. The number of carbonyl (C=O) groups excluding carboxylic acids is 1. The highest BCUT2D eigenvalue weighted by Crippen LogP contribution is 2.24. The van der Waals surface area contributed by atoms with Crippen molar-refractivity contribution < 1.29 is 4.79 Å². The smallest absolute Gasteiger partial charge is 0.217 e. The van der Waals surface area contributed by atoms with Crippen molar-refractivity contribution in [1.29, 1.82) is 0 Å². The Morgan fingerprint density at radius 1 is 1.32 bits per heavy atom. The lowest BCUT2D eigenvalue weighted by Gasteiger charge is -2.18. The standard InChI is InChI=1S/C17H21N7O/c1-12(25)19-14-9-23(10-16(14)24-8-7-18-21-24)11-17-20-13-5-3-4-6-15(13)22(17)2/h3-8,14,16H,9-11H2,1-2H3,(H,19,25)/t14-,16+/m1/s1. The van der Waals surface area contributed by atoms with E-state index in [1.807, 2.05) is 36.1 Å². The molecule has 1 saturated heterocycles. The van der Waals surface area contributed by atoms with Crippen LogP contribution in [0.3, 0.4) is 0 Å². The van der Waals surface area contributed by atoms with Gasteiger partial charge in [-0.1, -0.05) is 17.3 Å². The van der Waals surface area contributed by atoms with Crippen LogP contribution in [0.4, 0.5) is 0 Å². The predicted molar refractivity (Wildman–Crippen MR) is 92.7 cm³/mol. The van der Waals surface area contributed by atoms with Crippen LogP contribution in [0.15, 0.2) is 36.7 Å². The first-order valence-corrected chi connectivity index (χ1v) is 8.37. The molecule has 1 aliphatic rings. The molecule has 0 spiro atoms. The number of hydrogen-bond acceptors (Lipinski definition) is 5. The number of hydrogen-bond donors (Lipinski definition) is 1. The lowest BCUT2D eigenvalue weighted by molar-refractivity contribution is -0.119. The van der Waals surface area contributed by atoms with Crippen LogP contribution >= 0.6 is 0 Å². The second-order valence-corrected chi connectivity index (χ2v) is 6.53. The number of aryl methyl sites for hydroxylation is 1. The average molecular weight is 339 g/mol. The molecule has 25 heavy (non-hydrogen) atoms. The van der Waals surface area contributed by atoms with E-state index in [-0.39, 0.29) is 18.0 Å². The van der Waals surface area contributed by atoms with Gasteiger partial charge in [0.1, 0.15) is 5.82 Å². The quantitative estimate of drug-likeness (QED) is 0.758. The van der Waals surface area contributed by atoms with E-state index in [0.717, 1.165) is 36.5 Å². The van der Waals surface area contributed by atoms with Crippen molar-refractivity contribution in [3.63, 3.8) is 0 Å². The minimum absolute atomic E-state index is 0.00823. The van der Waals surface area contributed by atoms with Gasteiger partial charge in [-0.15, -0.1) is 5.10 Å². The van der Waals surface area contributed by atoms with Gasteiger partial charge in [0.25, 0.3) is 0 Å². The fraction of sp³-hybridized carbons (Fsp3) is 0.412. The second-order valence-electron chi connectivity index (χ2n) is 6.53. The Morgan fingerprint density at radius 3 is 2.88 bits per heavy atom. The molecule has 0 bridgehead atoms. The lowest BCUT2D eigenvalue weighted by atomic mass is 10.2. The SMILES string of the molecule is CC(=O)N[C@@H]1CN(Cc2nc3ccccc3n2C)C[C@@H]1n1ccnn1. The molecular weight excluding hydrogens is 318 g/mol. The predicted octanol–water partition coefficient (Wildman–Crippen LogP) is 0.726. The molecular formula is C17H21N7O. The van der Waals surface area contributed by atoms with Crippen LogP contribution in [0.1, 0.15) is 18.8 Å². The molecule has 2 atom stereocenters. The van der Waals surface area contributed by atoms with E-state index in [4.69, 9.17) is 4.98 Å². The van der Waals surface area contributed by atoms with Crippen molar-refractivity contribution in [2.75, 3.05) is 13.1 Å². The zero-order valence-corrected chi connectivity index (χ0v) is 14.3. The Labute approximate surface area is 145 Å². The molecule has 0 saturated carbocycles. The lowest BCUT2D eigenvalue weighted by Crippen LogP contribution is -2.40. The zero-order chi connectivity index (χ0) is 17.4. The molecule has 2 aromatic heterocycles. The van der Waals surface area contributed by atoms with E-state index in [2.05, 4.69) is 31.2 Å². The van der Waals surface area contributed by atoms with E-state index >= 15 is 0 Å². The molecule has 1 fully saturated rings. The van der Waals surface area contributed by atoms with Gasteiger partial charge >= 0.3 is 0 Å². The monoisotopic (exact) mass is 339 g/mol. The van der Waals surface area contributed by atoms with Crippen molar-refractivity contribution >= 4 is 16.9 Å². The van der Waals surface area contributed by atoms with Crippen LogP contribution in [-0.2, 0) is 18.4 Å². The number of rotatable bonds is 4. The minimum Gasteiger partial charge on any atom is -0.350 e. The van der Waals surface area contributed by atoms with Gasteiger partial charge in [0.2, 0.25) is 5.91 Å². The first-order valence-electron chi connectivity index (χ1n) is 8.37. The van der Waals surface area contributed by atoms with E-state index in [1.54, 1.807) is 13.1 Å². The molecule has 3 aromatic rings. The molecule has 1 aromatic carbocycles. The largest absolute Gasteiger partial charge is 0.350 e. The van der Waals surface area contributed by atoms with Gasteiger partial charge in [-0.05, 0) is 12.1 Å². The first-order chi connectivity index (χ1) is 12.1. The fourth-order valence-corrected chi connectivity index (χ4v) is 3.60. The van der Waals surface area contributed by atoms with E-state index in [9.17, 15) is 4.79 Å². The Kier molecular flexibility index (Phi) is 3.96. The van der Waals surface area contributed by atoms with Crippen LogP contribution in [0, 0.1) is 0 Å². The number of imidazole rings is 1. The summed E-state index contributed by atoms with van der Waals surface area (Å²) in [6.07, 6.45) is 3.51. The highest BCUT2D eigenvalue weighted by atomic mass is 16.1. The number of amides is 1. The average Bonchev–Trinajstić information content (AvgIpc) is 3.28. The number of carbonyl (C=O) groups is 1. The molecule has 8 heteroatoms.